The molecule has 2 fully saturated rings. The Bertz CT molecular complexity index is 1440. The van der Waals surface area contributed by atoms with Gasteiger partial charge < -0.3 is 14.7 Å². The summed E-state index contributed by atoms with van der Waals surface area (Å²) in [6.45, 7) is 10.7. The summed E-state index contributed by atoms with van der Waals surface area (Å²) in [5.74, 6) is -0.0279. The molecular weight excluding hydrogens is 486 g/mol. The number of piperazine rings is 2. The van der Waals surface area contributed by atoms with Crippen LogP contribution in [0.15, 0.2) is 54.6 Å². The van der Waals surface area contributed by atoms with E-state index in [1.165, 1.54) is 0 Å². The van der Waals surface area contributed by atoms with Crippen molar-refractivity contribution in [3.8, 4) is 12.1 Å². The van der Waals surface area contributed by atoms with Crippen LogP contribution in [0.4, 0.5) is 11.4 Å². The minimum Gasteiger partial charge on any atom is -0.368 e. The Kier molecular flexibility index (Phi) is 7.76. The van der Waals surface area contributed by atoms with Gasteiger partial charge in [0.05, 0.1) is 28.2 Å². The van der Waals surface area contributed by atoms with Crippen LogP contribution in [0.1, 0.15) is 38.4 Å². The van der Waals surface area contributed by atoms with Gasteiger partial charge in [0.1, 0.15) is 17.8 Å². The second-order valence-corrected chi connectivity index (χ2v) is 10.2. The van der Waals surface area contributed by atoms with Crippen molar-refractivity contribution in [1.82, 2.24) is 14.8 Å². The van der Waals surface area contributed by atoms with Crippen LogP contribution in [-0.4, -0.2) is 73.0 Å². The Labute approximate surface area is 230 Å². The molecule has 0 atom stereocenters. The normalized spacial score (nSPS) is 16.1. The van der Waals surface area contributed by atoms with Crippen molar-refractivity contribution in [2.45, 2.75) is 20.4 Å². The number of aryl methyl sites for hydroxylation is 2. The topological polar surface area (TPSA) is 90.5 Å². The first-order valence-corrected chi connectivity index (χ1v) is 13.5. The summed E-state index contributed by atoms with van der Waals surface area (Å²) in [4.78, 5) is 27.2. The number of carbonyl (C=O) groups is 1. The SMILES string of the molecule is Cc1cc(C)c(C(=O)N2CCN(c3ccccc3C#N)CC2)nc1CN1CCN(c2ccccc2C#N)CC1. The van der Waals surface area contributed by atoms with Gasteiger partial charge in [0.25, 0.3) is 5.91 Å². The molecule has 3 heterocycles. The highest BCUT2D eigenvalue weighted by molar-refractivity contribution is 5.94. The summed E-state index contributed by atoms with van der Waals surface area (Å²) >= 11 is 0. The third-order valence-electron chi connectivity index (χ3n) is 7.75. The Morgan fingerprint density at radius 2 is 1.28 bits per heavy atom. The van der Waals surface area contributed by atoms with Gasteiger partial charge in [-0.05, 0) is 49.2 Å². The van der Waals surface area contributed by atoms with E-state index in [0.29, 0.717) is 49.5 Å². The quantitative estimate of drug-likeness (QED) is 0.507. The zero-order valence-corrected chi connectivity index (χ0v) is 22.6. The maximum atomic E-state index is 13.5. The third-order valence-corrected chi connectivity index (χ3v) is 7.75. The van der Waals surface area contributed by atoms with E-state index in [1.54, 1.807) is 0 Å². The first-order valence-electron chi connectivity index (χ1n) is 13.5. The molecular formula is C31H33N7O. The summed E-state index contributed by atoms with van der Waals surface area (Å²) in [7, 11) is 0. The minimum atomic E-state index is -0.0279. The van der Waals surface area contributed by atoms with Gasteiger partial charge in [-0.25, -0.2) is 4.98 Å². The lowest BCUT2D eigenvalue weighted by Gasteiger charge is -2.37. The van der Waals surface area contributed by atoms with Crippen LogP contribution >= 0.6 is 0 Å². The Morgan fingerprint density at radius 3 is 1.82 bits per heavy atom. The van der Waals surface area contributed by atoms with Gasteiger partial charge in [-0.15, -0.1) is 0 Å². The number of nitriles is 2. The molecule has 8 nitrogen and oxygen atoms in total. The van der Waals surface area contributed by atoms with E-state index >= 15 is 0 Å². The third kappa shape index (κ3) is 5.57. The van der Waals surface area contributed by atoms with E-state index < -0.39 is 0 Å². The van der Waals surface area contributed by atoms with Crippen molar-refractivity contribution in [3.63, 3.8) is 0 Å². The number of hydrogen-bond donors (Lipinski definition) is 0. The number of para-hydroxylation sites is 2. The van der Waals surface area contributed by atoms with E-state index in [1.807, 2.05) is 60.4 Å². The van der Waals surface area contributed by atoms with Gasteiger partial charge >= 0.3 is 0 Å². The molecule has 2 aliphatic rings. The fourth-order valence-corrected chi connectivity index (χ4v) is 5.51. The number of anilines is 2. The van der Waals surface area contributed by atoms with Crippen LogP contribution in [-0.2, 0) is 6.54 Å². The molecule has 0 saturated carbocycles. The molecule has 0 N–H and O–H groups in total. The van der Waals surface area contributed by atoms with Crippen LogP contribution in [0, 0.1) is 36.5 Å². The number of benzene rings is 2. The lowest BCUT2D eigenvalue weighted by atomic mass is 10.1. The first-order chi connectivity index (χ1) is 19.0. The zero-order chi connectivity index (χ0) is 27.4. The molecule has 0 aliphatic carbocycles. The van der Waals surface area contributed by atoms with Gasteiger partial charge in [-0.3, -0.25) is 9.69 Å². The van der Waals surface area contributed by atoms with Crippen molar-refractivity contribution in [3.05, 3.63) is 88.2 Å². The monoisotopic (exact) mass is 519 g/mol. The Balaban J connectivity index is 1.23. The number of carbonyl (C=O) groups excluding carboxylic acids is 1. The molecule has 8 heteroatoms. The summed E-state index contributed by atoms with van der Waals surface area (Å²) in [6, 6.07) is 22.0. The van der Waals surface area contributed by atoms with Crippen LogP contribution in [0.25, 0.3) is 0 Å². The van der Waals surface area contributed by atoms with Crippen molar-refractivity contribution in [2.24, 2.45) is 0 Å². The van der Waals surface area contributed by atoms with Gasteiger partial charge in [0.2, 0.25) is 0 Å². The molecule has 5 rings (SSSR count). The van der Waals surface area contributed by atoms with Crippen LogP contribution in [0.5, 0.6) is 0 Å². The van der Waals surface area contributed by atoms with Crippen LogP contribution in [0.3, 0.4) is 0 Å². The number of amides is 1. The number of hydrogen-bond acceptors (Lipinski definition) is 7. The predicted octanol–water partition coefficient (Wildman–Crippen LogP) is 3.73. The average molecular weight is 520 g/mol. The fraction of sp³-hybridized carbons (Fsp3) is 0.355. The lowest BCUT2D eigenvalue weighted by molar-refractivity contribution is 0.0739. The summed E-state index contributed by atoms with van der Waals surface area (Å²) in [6.07, 6.45) is 0. The zero-order valence-electron chi connectivity index (χ0n) is 22.6. The smallest absolute Gasteiger partial charge is 0.272 e. The molecule has 2 aromatic carbocycles. The second kappa shape index (κ2) is 11.6. The number of rotatable bonds is 5. The molecule has 0 spiro atoms. The van der Waals surface area contributed by atoms with Crippen molar-refractivity contribution >= 4 is 17.3 Å². The van der Waals surface area contributed by atoms with Gasteiger partial charge in [0.15, 0.2) is 0 Å². The molecule has 39 heavy (non-hydrogen) atoms. The maximum absolute atomic E-state index is 13.5. The number of aromatic nitrogens is 1. The molecule has 0 bridgehead atoms. The van der Waals surface area contributed by atoms with Gasteiger partial charge in [-0.2, -0.15) is 10.5 Å². The molecule has 3 aromatic rings. The molecule has 2 saturated heterocycles. The molecule has 1 amide bonds. The van der Waals surface area contributed by atoms with Crippen molar-refractivity contribution in [1.29, 1.82) is 10.5 Å². The maximum Gasteiger partial charge on any atom is 0.272 e. The Morgan fingerprint density at radius 1 is 0.769 bits per heavy atom. The van der Waals surface area contributed by atoms with Gasteiger partial charge in [-0.1, -0.05) is 30.3 Å². The summed E-state index contributed by atoms with van der Waals surface area (Å²) < 4.78 is 0. The minimum absolute atomic E-state index is 0.0279. The fourth-order valence-electron chi connectivity index (χ4n) is 5.51. The van der Waals surface area contributed by atoms with E-state index in [9.17, 15) is 15.3 Å². The average Bonchev–Trinajstić information content (AvgIpc) is 2.98. The lowest BCUT2D eigenvalue weighted by Crippen LogP contribution is -2.49. The highest BCUT2D eigenvalue weighted by Crippen LogP contribution is 2.24. The van der Waals surface area contributed by atoms with E-state index in [2.05, 4.69) is 39.8 Å². The highest BCUT2D eigenvalue weighted by atomic mass is 16.2. The molecule has 198 valence electrons. The number of pyridine rings is 1. The predicted molar refractivity (Wildman–Crippen MR) is 152 cm³/mol. The van der Waals surface area contributed by atoms with Crippen molar-refractivity contribution < 1.29 is 4.79 Å². The van der Waals surface area contributed by atoms with E-state index in [-0.39, 0.29) is 5.91 Å². The summed E-state index contributed by atoms with van der Waals surface area (Å²) in [5, 5.41) is 18.9. The molecule has 0 radical (unpaired) electrons. The van der Waals surface area contributed by atoms with Crippen molar-refractivity contribution in [2.75, 3.05) is 62.2 Å². The van der Waals surface area contributed by atoms with Gasteiger partial charge in [0, 0.05) is 58.9 Å². The van der Waals surface area contributed by atoms with E-state index in [0.717, 1.165) is 54.4 Å². The van der Waals surface area contributed by atoms with E-state index in [4.69, 9.17) is 4.98 Å². The van der Waals surface area contributed by atoms with Crippen LogP contribution < -0.4 is 9.80 Å². The standard InChI is InChI=1S/C31H33N7O/c1-23-19-24(2)30(31(39)38-17-15-37(16-18-38)29-10-6-4-8-26(29)21-33)34-27(23)22-35-11-13-36(14-12-35)28-9-5-3-7-25(28)20-32/h3-10,19H,11-18,22H2,1-2H3. The molecule has 1 aromatic heterocycles. The molecule has 2 aliphatic heterocycles. The highest BCUT2D eigenvalue weighted by Gasteiger charge is 2.27. The molecule has 0 unspecified atom stereocenters. The summed E-state index contributed by atoms with van der Waals surface area (Å²) in [5.41, 5.74) is 6.76. The van der Waals surface area contributed by atoms with Crippen LogP contribution in [0.2, 0.25) is 0 Å². The second-order valence-electron chi connectivity index (χ2n) is 10.2. The Hall–Kier alpha value is -4.40. The number of nitrogens with zero attached hydrogens (tertiary/aromatic N) is 7. The first kappa shape index (κ1) is 26.2. The largest absolute Gasteiger partial charge is 0.368 e.